The van der Waals surface area contributed by atoms with Crippen LogP contribution in [0, 0.1) is 0 Å². The minimum Gasteiger partial charge on any atom is -0.488 e. The molecular formula is C11H20N2O2. The molecule has 0 aliphatic rings. The fraction of sp³-hybridized carbons (Fsp3) is 0.545. The first-order chi connectivity index (χ1) is 7.06. The molecule has 86 valence electrons. The van der Waals surface area contributed by atoms with Crippen molar-refractivity contribution in [2.75, 3.05) is 33.8 Å². The van der Waals surface area contributed by atoms with Gasteiger partial charge in [0.1, 0.15) is 0 Å². The fourth-order valence-electron chi connectivity index (χ4n) is 0.863. The van der Waals surface area contributed by atoms with Gasteiger partial charge in [0.25, 0.3) is 5.91 Å². The van der Waals surface area contributed by atoms with Crippen LogP contribution in [0.4, 0.5) is 0 Å². The minimum absolute atomic E-state index is 0.0591. The molecule has 0 aromatic heterocycles. The van der Waals surface area contributed by atoms with Gasteiger partial charge in [0.05, 0.1) is 5.76 Å². The van der Waals surface area contributed by atoms with Crippen LogP contribution in [0.1, 0.15) is 6.92 Å². The highest BCUT2D eigenvalue weighted by molar-refractivity contribution is 5.77. The van der Waals surface area contributed by atoms with Gasteiger partial charge in [-0.15, -0.1) is 0 Å². The lowest BCUT2D eigenvalue weighted by Crippen LogP contribution is -2.33. The number of nitrogens with zero attached hydrogens (tertiary/aromatic N) is 1. The van der Waals surface area contributed by atoms with Crippen LogP contribution in [0.25, 0.3) is 0 Å². The number of likely N-dealkylation sites (N-methyl/N-ethyl adjacent to an activating group) is 1. The van der Waals surface area contributed by atoms with E-state index in [1.54, 1.807) is 19.1 Å². The average Bonchev–Trinajstić information content (AvgIpc) is 2.14. The normalized spacial score (nSPS) is 11.3. The quantitative estimate of drug-likeness (QED) is 0.500. The molecule has 4 heteroatoms. The molecule has 0 aliphatic heterocycles. The summed E-state index contributed by atoms with van der Waals surface area (Å²) in [7, 11) is 3.92. The van der Waals surface area contributed by atoms with Crippen LogP contribution in [0.15, 0.2) is 24.5 Å². The molecule has 0 heterocycles. The Hall–Kier alpha value is -1.29. The second-order valence-corrected chi connectivity index (χ2v) is 3.45. The van der Waals surface area contributed by atoms with E-state index in [2.05, 4.69) is 11.9 Å². The molecule has 0 aromatic carbocycles. The third-order valence-electron chi connectivity index (χ3n) is 1.66. The van der Waals surface area contributed by atoms with E-state index >= 15 is 0 Å². The van der Waals surface area contributed by atoms with E-state index in [1.807, 2.05) is 19.0 Å². The Morgan fingerprint density at radius 1 is 1.53 bits per heavy atom. The van der Waals surface area contributed by atoms with Gasteiger partial charge >= 0.3 is 0 Å². The zero-order chi connectivity index (χ0) is 11.7. The fourth-order valence-corrected chi connectivity index (χ4v) is 0.863. The molecule has 0 saturated carbocycles. The van der Waals surface area contributed by atoms with Gasteiger partial charge in [-0.25, -0.2) is 0 Å². The maximum absolute atomic E-state index is 11.2. The summed E-state index contributed by atoms with van der Waals surface area (Å²) in [6, 6.07) is 0. The summed E-state index contributed by atoms with van der Waals surface area (Å²) < 4.78 is 5.17. The number of ether oxygens (including phenoxy) is 1. The van der Waals surface area contributed by atoms with Crippen molar-refractivity contribution in [3.63, 3.8) is 0 Å². The van der Waals surface area contributed by atoms with Crippen molar-refractivity contribution in [1.29, 1.82) is 0 Å². The van der Waals surface area contributed by atoms with E-state index in [1.165, 1.54) is 0 Å². The number of hydrogen-bond donors (Lipinski definition) is 1. The van der Waals surface area contributed by atoms with Gasteiger partial charge in [0.2, 0.25) is 0 Å². The lowest BCUT2D eigenvalue weighted by atomic mass is 10.4. The number of rotatable bonds is 7. The molecular weight excluding hydrogens is 192 g/mol. The van der Waals surface area contributed by atoms with Crippen molar-refractivity contribution in [3.8, 4) is 0 Å². The number of nitrogens with one attached hydrogen (secondary N) is 1. The van der Waals surface area contributed by atoms with E-state index in [0.717, 1.165) is 6.54 Å². The van der Waals surface area contributed by atoms with E-state index in [9.17, 15) is 4.79 Å². The van der Waals surface area contributed by atoms with Gasteiger partial charge in [-0.1, -0.05) is 12.7 Å². The number of hydrogen-bond acceptors (Lipinski definition) is 3. The van der Waals surface area contributed by atoms with Crippen LogP contribution >= 0.6 is 0 Å². The first kappa shape index (κ1) is 13.7. The molecule has 1 N–H and O–H groups in total. The Labute approximate surface area is 91.6 Å². The summed E-state index contributed by atoms with van der Waals surface area (Å²) in [5.74, 6) is 0.585. The summed E-state index contributed by atoms with van der Waals surface area (Å²) in [5, 5.41) is 2.75. The Kier molecular flexibility index (Phi) is 7.36. The van der Waals surface area contributed by atoms with Crippen molar-refractivity contribution in [2.45, 2.75) is 6.92 Å². The Balaban J connectivity index is 3.57. The van der Waals surface area contributed by atoms with E-state index in [4.69, 9.17) is 4.74 Å². The van der Waals surface area contributed by atoms with Gasteiger partial charge in [-0.05, 0) is 27.1 Å². The molecule has 0 bridgehead atoms. The molecule has 0 atom stereocenters. The van der Waals surface area contributed by atoms with Crippen LogP contribution in [-0.2, 0) is 9.53 Å². The molecule has 0 unspecified atom stereocenters. The summed E-state index contributed by atoms with van der Waals surface area (Å²) >= 11 is 0. The van der Waals surface area contributed by atoms with Crippen molar-refractivity contribution in [2.24, 2.45) is 0 Å². The van der Waals surface area contributed by atoms with Gasteiger partial charge in [-0.3, -0.25) is 4.79 Å². The molecule has 0 aromatic rings. The number of amides is 1. The lowest BCUT2D eigenvalue weighted by Gasteiger charge is -2.10. The maximum atomic E-state index is 11.2. The van der Waals surface area contributed by atoms with Crippen LogP contribution < -0.4 is 5.32 Å². The predicted octanol–water partition coefficient (Wildman–Crippen LogP) is 0.771. The van der Waals surface area contributed by atoms with Gasteiger partial charge in [0.15, 0.2) is 6.61 Å². The largest absolute Gasteiger partial charge is 0.488 e. The molecule has 0 rings (SSSR count). The van der Waals surface area contributed by atoms with Crippen molar-refractivity contribution in [1.82, 2.24) is 10.2 Å². The van der Waals surface area contributed by atoms with Crippen LogP contribution in [0.5, 0.6) is 0 Å². The van der Waals surface area contributed by atoms with Gasteiger partial charge < -0.3 is 15.0 Å². The standard InChI is InChI=1S/C11H20N2O2/c1-5-6-10(2)15-9-11(14)12-7-8-13(3)4/h5-6H,1,7-9H2,2-4H3,(H,12,14)/b10-6+. The van der Waals surface area contributed by atoms with Crippen LogP contribution in [0.2, 0.25) is 0 Å². The molecule has 15 heavy (non-hydrogen) atoms. The Bertz CT molecular complexity index is 235. The molecule has 1 amide bonds. The molecule has 0 radical (unpaired) electrons. The SMILES string of the molecule is C=C/C=C(\C)OCC(=O)NCCN(C)C. The molecule has 0 fully saturated rings. The Morgan fingerprint density at radius 2 is 2.20 bits per heavy atom. The smallest absolute Gasteiger partial charge is 0.257 e. The van der Waals surface area contributed by atoms with Gasteiger partial charge in [0, 0.05) is 13.1 Å². The first-order valence-electron chi connectivity index (χ1n) is 4.89. The van der Waals surface area contributed by atoms with Crippen LogP contribution in [0.3, 0.4) is 0 Å². The van der Waals surface area contributed by atoms with Crippen molar-refractivity contribution in [3.05, 3.63) is 24.5 Å². The Morgan fingerprint density at radius 3 is 2.73 bits per heavy atom. The molecule has 0 spiro atoms. The highest BCUT2D eigenvalue weighted by Crippen LogP contribution is 1.94. The zero-order valence-electron chi connectivity index (χ0n) is 9.75. The summed E-state index contributed by atoms with van der Waals surface area (Å²) in [4.78, 5) is 13.2. The van der Waals surface area contributed by atoms with Crippen LogP contribution in [-0.4, -0.2) is 44.6 Å². The predicted molar refractivity (Wildman–Crippen MR) is 61.5 cm³/mol. The highest BCUT2D eigenvalue weighted by Gasteiger charge is 2.01. The first-order valence-corrected chi connectivity index (χ1v) is 4.89. The maximum Gasteiger partial charge on any atom is 0.257 e. The van der Waals surface area contributed by atoms with Crippen molar-refractivity contribution < 1.29 is 9.53 Å². The molecule has 4 nitrogen and oxygen atoms in total. The molecule has 0 aliphatic carbocycles. The number of carbonyl (C=O) groups is 1. The monoisotopic (exact) mass is 212 g/mol. The second-order valence-electron chi connectivity index (χ2n) is 3.45. The van der Waals surface area contributed by atoms with Crippen molar-refractivity contribution >= 4 is 5.91 Å². The number of allylic oxidation sites excluding steroid dienone is 3. The zero-order valence-corrected chi connectivity index (χ0v) is 9.75. The third kappa shape index (κ3) is 9.02. The lowest BCUT2D eigenvalue weighted by molar-refractivity contribution is -0.124. The summed E-state index contributed by atoms with van der Waals surface area (Å²) in [5.41, 5.74) is 0. The second kappa shape index (κ2) is 8.05. The summed E-state index contributed by atoms with van der Waals surface area (Å²) in [6.45, 7) is 6.84. The number of carbonyl (C=O) groups excluding carboxylic acids is 1. The molecule has 0 saturated heterocycles. The van der Waals surface area contributed by atoms with E-state index < -0.39 is 0 Å². The third-order valence-corrected chi connectivity index (χ3v) is 1.66. The van der Waals surface area contributed by atoms with E-state index in [0.29, 0.717) is 12.3 Å². The topological polar surface area (TPSA) is 41.6 Å². The minimum atomic E-state index is -0.103. The van der Waals surface area contributed by atoms with E-state index in [-0.39, 0.29) is 12.5 Å². The summed E-state index contributed by atoms with van der Waals surface area (Å²) in [6.07, 6.45) is 3.34. The average molecular weight is 212 g/mol. The van der Waals surface area contributed by atoms with Gasteiger partial charge in [-0.2, -0.15) is 0 Å². The highest BCUT2D eigenvalue weighted by atomic mass is 16.5.